The van der Waals surface area contributed by atoms with Gasteiger partial charge in [-0.1, -0.05) is 36.4 Å². The third kappa shape index (κ3) is 6.02. The summed E-state index contributed by atoms with van der Waals surface area (Å²) in [7, 11) is 0. The van der Waals surface area contributed by atoms with E-state index < -0.39 is 0 Å². The Kier molecular flexibility index (Phi) is 7.45. The fraction of sp³-hybridized carbons (Fsp3) is 0.0968. The Morgan fingerprint density at radius 3 is 2.18 bits per heavy atom. The Balaban J connectivity index is 1.18. The number of hydrogen-bond acceptors (Lipinski definition) is 5. The number of anilines is 1. The van der Waals surface area contributed by atoms with E-state index in [2.05, 4.69) is 15.8 Å². The van der Waals surface area contributed by atoms with Gasteiger partial charge in [-0.25, -0.2) is 5.43 Å². The lowest BCUT2D eigenvalue weighted by Crippen LogP contribution is -2.25. The molecule has 1 aromatic heterocycles. The topological polar surface area (TPSA) is 102 Å². The van der Waals surface area contributed by atoms with Crippen molar-refractivity contribution in [2.45, 2.75) is 13.5 Å². The van der Waals surface area contributed by atoms with Crippen LogP contribution in [0.4, 0.5) is 5.69 Å². The highest BCUT2D eigenvalue weighted by molar-refractivity contribution is 5.95. The van der Waals surface area contributed by atoms with Crippen LogP contribution in [0.3, 0.4) is 0 Å². The standard InChI is InChI=1S/C31H26N4O4/c1-21-7-6-8-23(17-21)33-30(37)20-39-24-15-13-22(14-16-24)18-32-34-29(36)19-35-27-11-4-2-9-25(27)31(38)26-10-3-5-12-28(26)35/h2-18H,19-20H2,1H3,(H,33,37)(H,34,36)/b32-18-. The maximum absolute atomic E-state index is 12.9. The molecule has 0 unspecified atom stereocenters. The molecule has 8 heteroatoms. The zero-order valence-electron chi connectivity index (χ0n) is 21.3. The van der Waals surface area contributed by atoms with Gasteiger partial charge < -0.3 is 14.6 Å². The van der Waals surface area contributed by atoms with Gasteiger partial charge in [0.2, 0.25) is 0 Å². The number of benzene rings is 4. The number of amides is 2. The van der Waals surface area contributed by atoms with Gasteiger partial charge >= 0.3 is 0 Å². The fourth-order valence-corrected chi connectivity index (χ4v) is 4.32. The number of fused-ring (bicyclic) bond motifs is 2. The first kappa shape index (κ1) is 25.4. The predicted molar refractivity (Wildman–Crippen MR) is 153 cm³/mol. The monoisotopic (exact) mass is 518 g/mol. The Hall–Kier alpha value is -5.24. The highest BCUT2D eigenvalue weighted by Crippen LogP contribution is 2.19. The average molecular weight is 519 g/mol. The van der Waals surface area contributed by atoms with Crippen LogP contribution in [0.15, 0.2) is 107 Å². The summed E-state index contributed by atoms with van der Waals surface area (Å²) in [5.41, 5.74) is 6.38. The molecule has 8 nitrogen and oxygen atoms in total. The SMILES string of the molecule is Cc1cccc(NC(=O)COc2ccc(/C=N\NC(=O)Cn3c4ccccc4c(=O)c4ccccc43)cc2)c1. The minimum Gasteiger partial charge on any atom is -0.484 e. The molecule has 0 radical (unpaired) electrons. The molecule has 2 amide bonds. The molecule has 39 heavy (non-hydrogen) atoms. The highest BCUT2D eigenvalue weighted by Gasteiger charge is 2.12. The molecule has 1 heterocycles. The molecule has 4 aromatic carbocycles. The Bertz CT molecular complexity index is 1700. The van der Waals surface area contributed by atoms with E-state index in [9.17, 15) is 14.4 Å². The van der Waals surface area contributed by atoms with Crippen molar-refractivity contribution in [2.75, 3.05) is 11.9 Å². The van der Waals surface area contributed by atoms with E-state index in [4.69, 9.17) is 4.74 Å². The largest absolute Gasteiger partial charge is 0.484 e. The summed E-state index contributed by atoms with van der Waals surface area (Å²) in [5.74, 6) is -0.0467. The highest BCUT2D eigenvalue weighted by atomic mass is 16.5. The Morgan fingerprint density at radius 1 is 0.846 bits per heavy atom. The lowest BCUT2D eigenvalue weighted by Gasteiger charge is -2.14. The summed E-state index contributed by atoms with van der Waals surface area (Å²) in [6.45, 7) is 1.83. The van der Waals surface area contributed by atoms with Gasteiger partial charge in [-0.2, -0.15) is 5.10 Å². The molecule has 0 atom stereocenters. The van der Waals surface area contributed by atoms with Crippen LogP contribution in [-0.4, -0.2) is 29.2 Å². The van der Waals surface area contributed by atoms with Crippen LogP contribution in [-0.2, 0) is 16.1 Å². The maximum Gasteiger partial charge on any atom is 0.262 e. The van der Waals surface area contributed by atoms with Crippen LogP contribution in [0.25, 0.3) is 21.8 Å². The van der Waals surface area contributed by atoms with Gasteiger partial charge in [0, 0.05) is 16.5 Å². The minimum absolute atomic E-state index is 0.00393. The summed E-state index contributed by atoms with van der Waals surface area (Å²) in [5, 5.41) is 7.98. The molecule has 0 aliphatic carbocycles. The summed E-state index contributed by atoms with van der Waals surface area (Å²) in [6, 6.07) is 29.0. The van der Waals surface area contributed by atoms with E-state index in [1.807, 2.05) is 72.2 Å². The maximum atomic E-state index is 12.9. The van der Waals surface area contributed by atoms with Crippen molar-refractivity contribution >= 4 is 45.5 Å². The first-order chi connectivity index (χ1) is 19.0. The van der Waals surface area contributed by atoms with E-state index in [1.165, 1.54) is 6.21 Å². The summed E-state index contributed by atoms with van der Waals surface area (Å²) >= 11 is 0. The number of carbonyl (C=O) groups is 2. The number of aryl methyl sites for hydroxylation is 1. The Labute approximate surface area is 224 Å². The first-order valence-electron chi connectivity index (χ1n) is 12.4. The second-order valence-electron chi connectivity index (χ2n) is 9.02. The molecule has 2 N–H and O–H groups in total. The van der Waals surface area contributed by atoms with Crippen LogP contribution in [0, 0.1) is 6.92 Å². The normalized spacial score (nSPS) is 11.1. The number of hydrazone groups is 1. The lowest BCUT2D eigenvalue weighted by atomic mass is 10.1. The summed E-state index contributed by atoms with van der Waals surface area (Å²) in [4.78, 5) is 37.8. The van der Waals surface area contributed by atoms with Gasteiger partial charge in [0.15, 0.2) is 12.0 Å². The van der Waals surface area contributed by atoms with Gasteiger partial charge in [0.25, 0.3) is 11.8 Å². The summed E-state index contributed by atoms with van der Waals surface area (Å²) < 4.78 is 7.38. The molecule has 0 spiro atoms. The van der Waals surface area contributed by atoms with Crippen molar-refractivity contribution < 1.29 is 14.3 Å². The van der Waals surface area contributed by atoms with E-state index in [1.54, 1.807) is 36.4 Å². The minimum atomic E-state index is -0.329. The first-order valence-corrected chi connectivity index (χ1v) is 12.4. The molecule has 0 aliphatic rings. The average Bonchev–Trinajstić information content (AvgIpc) is 2.95. The zero-order valence-corrected chi connectivity index (χ0v) is 21.3. The van der Waals surface area contributed by atoms with Gasteiger partial charge in [0.1, 0.15) is 12.3 Å². The van der Waals surface area contributed by atoms with Crippen LogP contribution in [0.5, 0.6) is 5.75 Å². The molecular weight excluding hydrogens is 492 g/mol. The molecule has 194 valence electrons. The number of aromatic nitrogens is 1. The van der Waals surface area contributed by atoms with Crippen LogP contribution in [0.2, 0.25) is 0 Å². The second kappa shape index (κ2) is 11.4. The molecule has 0 bridgehead atoms. The van der Waals surface area contributed by atoms with Crippen molar-refractivity contribution in [3.8, 4) is 5.75 Å². The number of carbonyl (C=O) groups excluding carboxylic acids is 2. The predicted octanol–water partition coefficient (Wildman–Crippen LogP) is 4.63. The molecule has 0 aliphatic heterocycles. The number of nitrogens with one attached hydrogen (secondary N) is 2. The Morgan fingerprint density at radius 2 is 1.51 bits per heavy atom. The number of para-hydroxylation sites is 2. The van der Waals surface area contributed by atoms with Crippen molar-refractivity contribution in [2.24, 2.45) is 5.10 Å². The van der Waals surface area contributed by atoms with E-state index in [0.29, 0.717) is 27.6 Å². The van der Waals surface area contributed by atoms with E-state index >= 15 is 0 Å². The molecule has 0 saturated carbocycles. The van der Waals surface area contributed by atoms with Gasteiger partial charge in [-0.05, 0) is 78.7 Å². The number of nitrogens with zero attached hydrogens (tertiary/aromatic N) is 2. The zero-order chi connectivity index (χ0) is 27.2. The van der Waals surface area contributed by atoms with Crippen molar-refractivity contribution in [3.05, 3.63) is 118 Å². The molecule has 5 rings (SSSR count). The third-order valence-electron chi connectivity index (χ3n) is 6.14. The van der Waals surface area contributed by atoms with E-state index in [-0.39, 0.29) is 30.4 Å². The summed E-state index contributed by atoms with van der Waals surface area (Å²) in [6.07, 6.45) is 1.52. The quantitative estimate of drug-likeness (QED) is 0.178. The van der Waals surface area contributed by atoms with Crippen LogP contribution < -0.4 is 20.9 Å². The number of ether oxygens (including phenoxy) is 1. The number of hydrogen-bond donors (Lipinski definition) is 2. The van der Waals surface area contributed by atoms with Crippen molar-refractivity contribution in [3.63, 3.8) is 0 Å². The number of pyridine rings is 1. The molecular formula is C31H26N4O4. The molecule has 0 saturated heterocycles. The lowest BCUT2D eigenvalue weighted by molar-refractivity contribution is -0.121. The van der Waals surface area contributed by atoms with Gasteiger partial charge in [-0.3, -0.25) is 14.4 Å². The van der Waals surface area contributed by atoms with Crippen molar-refractivity contribution in [1.82, 2.24) is 9.99 Å². The van der Waals surface area contributed by atoms with E-state index in [0.717, 1.165) is 16.8 Å². The molecule has 5 aromatic rings. The number of rotatable bonds is 8. The van der Waals surface area contributed by atoms with Crippen LogP contribution >= 0.6 is 0 Å². The second-order valence-corrected chi connectivity index (χ2v) is 9.02. The molecule has 0 fully saturated rings. The van der Waals surface area contributed by atoms with Gasteiger partial charge in [-0.15, -0.1) is 0 Å². The third-order valence-corrected chi connectivity index (χ3v) is 6.14. The van der Waals surface area contributed by atoms with Gasteiger partial charge in [0.05, 0.1) is 17.2 Å². The smallest absolute Gasteiger partial charge is 0.262 e. The fourth-order valence-electron chi connectivity index (χ4n) is 4.32. The van der Waals surface area contributed by atoms with Crippen molar-refractivity contribution in [1.29, 1.82) is 0 Å². The van der Waals surface area contributed by atoms with Crippen LogP contribution in [0.1, 0.15) is 11.1 Å².